The summed E-state index contributed by atoms with van der Waals surface area (Å²) in [7, 11) is 0. The Kier molecular flexibility index (Phi) is 4.48. The Balaban J connectivity index is 1.27. The van der Waals surface area contributed by atoms with Gasteiger partial charge in [0.1, 0.15) is 5.65 Å². The van der Waals surface area contributed by atoms with E-state index in [9.17, 15) is 4.79 Å². The van der Waals surface area contributed by atoms with Gasteiger partial charge < -0.3 is 14.1 Å². The van der Waals surface area contributed by atoms with Gasteiger partial charge in [-0.05, 0) is 31.2 Å². The van der Waals surface area contributed by atoms with Gasteiger partial charge in [-0.3, -0.25) is 9.48 Å². The zero-order valence-electron chi connectivity index (χ0n) is 16.2. The summed E-state index contributed by atoms with van der Waals surface area (Å²) in [6, 6.07) is 9.59. The summed E-state index contributed by atoms with van der Waals surface area (Å²) in [5, 5.41) is 7.81. The fourth-order valence-corrected chi connectivity index (χ4v) is 3.59. The maximum Gasteiger partial charge on any atom is 0.254 e. The summed E-state index contributed by atoms with van der Waals surface area (Å²) in [6.07, 6.45) is 8.79. The number of nitrogens with zero attached hydrogens (tertiary/aromatic N) is 6. The molecule has 0 saturated heterocycles. The Morgan fingerprint density at radius 3 is 3.00 bits per heavy atom. The van der Waals surface area contributed by atoms with Gasteiger partial charge in [0.05, 0.1) is 48.1 Å². The van der Waals surface area contributed by atoms with E-state index in [-0.39, 0.29) is 5.91 Å². The van der Waals surface area contributed by atoms with Gasteiger partial charge in [0.15, 0.2) is 0 Å². The molecule has 9 heteroatoms. The fraction of sp³-hybridized carbons (Fsp3) is 0.143. The second kappa shape index (κ2) is 7.31. The summed E-state index contributed by atoms with van der Waals surface area (Å²) < 4.78 is 5.60. The fourth-order valence-electron chi connectivity index (χ4n) is 3.43. The molecule has 0 aliphatic rings. The smallest absolute Gasteiger partial charge is 0.254 e. The van der Waals surface area contributed by atoms with E-state index in [1.165, 1.54) is 0 Å². The summed E-state index contributed by atoms with van der Waals surface area (Å²) >= 11 is 6.06. The van der Waals surface area contributed by atoms with Gasteiger partial charge in [0, 0.05) is 29.3 Å². The third-order valence-electron chi connectivity index (χ3n) is 4.96. The first kappa shape index (κ1) is 18.4. The lowest BCUT2D eigenvalue weighted by Crippen LogP contribution is -2.22. The number of amides is 1. The van der Waals surface area contributed by atoms with Gasteiger partial charge in [0.25, 0.3) is 5.91 Å². The SMILES string of the molecule is Cc1cccc2nc(Cn3cc(C(=O)NCc4ncn5ccc(Cl)cc45)cn3)cn12. The van der Waals surface area contributed by atoms with Crippen LogP contribution >= 0.6 is 11.6 Å². The zero-order valence-corrected chi connectivity index (χ0v) is 16.9. The van der Waals surface area contributed by atoms with E-state index < -0.39 is 0 Å². The van der Waals surface area contributed by atoms with Crippen molar-refractivity contribution in [3.63, 3.8) is 0 Å². The van der Waals surface area contributed by atoms with Crippen LogP contribution in [0.2, 0.25) is 5.02 Å². The number of halogens is 1. The number of nitrogens with one attached hydrogen (secondary N) is 1. The highest BCUT2D eigenvalue weighted by atomic mass is 35.5. The number of carbonyl (C=O) groups excluding carboxylic acids is 1. The standard InChI is InChI=1S/C21H18ClN7O/c1-14-3-2-4-20-26-17(12-29(14)20)11-28-10-15(8-25-28)21(30)23-9-18-19-7-16(22)5-6-27(19)13-24-18/h2-8,10,12-13H,9,11H2,1H3,(H,23,30). The summed E-state index contributed by atoms with van der Waals surface area (Å²) in [5.41, 5.74) is 4.97. The average molecular weight is 420 g/mol. The van der Waals surface area contributed by atoms with E-state index in [4.69, 9.17) is 11.6 Å². The summed E-state index contributed by atoms with van der Waals surface area (Å²) in [5.74, 6) is -0.213. The minimum Gasteiger partial charge on any atom is -0.346 e. The Hall–Kier alpha value is -3.65. The molecular formula is C21H18ClN7O. The van der Waals surface area contributed by atoms with Crippen LogP contribution in [-0.4, -0.2) is 34.5 Å². The molecule has 0 atom stereocenters. The zero-order chi connectivity index (χ0) is 20.7. The van der Waals surface area contributed by atoms with Gasteiger partial charge in [-0.1, -0.05) is 17.7 Å². The average Bonchev–Trinajstić information content (AvgIpc) is 3.45. The van der Waals surface area contributed by atoms with Gasteiger partial charge in [-0.2, -0.15) is 5.10 Å². The lowest BCUT2D eigenvalue weighted by atomic mass is 10.3. The van der Waals surface area contributed by atoms with Crippen molar-refractivity contribution in [2.24, 2.45) is 0 Å². The van der Waals surface area contributed by atoms with E-state index in [0.717, 1.165) is 28.2 Å². The van der Waals surface area contributed by atoms with E-state index in [0.29, 0.717) is 23.7 Å². The van der Waals surface area contributed by atoms with Gasteiger partial charge >= 0.3 is 0 Å². The van der Waals surface area contributed by atoms with Crippen LogP contribution in [0.5, 0.6) is 0 Å². The molecule has 5 aromatic rings. The third kappa shape index (κ3) is 3.42. The topological polar surface area (TPSA) is 81.5 Å². The number of rotatable bonds is 5. The molecule has 5 rings (SSSR count). The van der Waals surface area contributed by atoms with E-state index in [1.807, 2.05) is 52.4 Å². The van der Waals surface area contributed by atoms with Crippen LogP contribution in [0.4, 0.5) is 0 Å². The van der Waals surface area contributed by atoms with Crippen molar-refractivity contribution >= 4 is 28.7 Å². The molecule has 1 N–H and O–H groups in total. The molecular weight excluding hydrogens is 402 g/mol. The first-order chi connectivity index (χ1) is 14.6. The van der Waals surface area contributed by atoms with E-state index in [2.05, 4.69) is 20.4 Å². The quantitative estimate of drug-likeness (QED) is 0.474. The lowest BCUT2D eigenvalue weighted by molar-refractivity contribution is 0.0950. The van der Waals surface area contributed by atoms with Gasteiger partial charge in [0.2, 0.25) is 0 Å². The molecule has 0 aliphatic carbocycles. The van der Waals surface area contributed by atoms with E-state index in [1.54, 1.807) is 29.5 Å². The van der Waals surface area contributed by atoms with Gasteiger partial charge in [-0.25, -0.2) is 9.97 Å². The minimum absolute atomic E-state index is 0.213. The second-order valence-corrected chi connectivity index (χ2v) is 7.50. The molecule has 0 fully saturated rings. The number of pyridine rings is 2. The summed E-state index contributed by atoms with van der Waals surface area (Å²) in [6.45, 7) is 2.82. The van der Waals surface area contributed by atoms with Crippen LogP contribution in [0, 0.1) is 6.92 Å². The van der Waals surface area contributed by atoms with Gasteiger partial charge in [-0.15, -0.1) is 0 Å². The number of hydrogen-bond donors (Lipinski definition) is 1. The largest absolute Gasteiger partial charge is 0.346 e. The Bertz CT molecular complexity index is 1380. The Labute approximate surface area is 176 Å². The predicted octanol–water partition coefficient (Wildman–Crippen LogP) is 3.12. The maximum absolute atomic E-state index is 12.5. The van der Waals surface area contributed by atoms with Crippen LogP contribution < -0.4 is 5.32 Å². The first-order valence-electron chi connectivity index (χ1n) is 9.42. The molecule has 0 bridgehead atoms. The lowest BCUT2D eigenvalue weighted by Gasteiger charge is -2.02. The second-order valence-electron chi connectivity index (χ2n) is 7.07. The monoisotopic (exact) mass is 419 g/mol. The van der Waals surface area contributed by atoms with Crippen molar-refractivity contribution in [3.05, 3.63) is 89.1 Å². The van der Waals surface area contributed by atoms with Crippen molar-refractivity contribution in [1.82, 2.24) is 33.9 Å². The van der Waals surface area contributed by atoms with Crippen molar-refractivity contribution < 1.29 is 4.79 Å². The highest BCUT2D eigenvalue weighted by Gasteiger charge is 2.12. The summed E-state index contributed by atoms with van der Waals surface area (Å²) in [4.78, 5) is 21.5. The van der Waals surface area contributed by atoms with Crippen molar-refractivity contribution in [3.8, 4) is 0 Å². The van der Waals surface area contributed by atoms with Crippen LogP contribution in [0.3, 0.4) is 0 Å². The number of aromatic nitrogens is 6. The van der Waals surface area contributed by atoms with E-state index >= 15 is 0 Å². The minimum atomic E-state index is -0.213. The molecule has 5 aromatic heterocycles. The normalized spacial score (nSPS) is 11.4. The number of hydrogen-bond acceptors (Lipinski definition) is 4. The van der Waals surface area contributed by atoms with Crippen LogP contribution in [0.25, 0.3) is 11.2 Å². The molecule has 0 aromatic carbocycles. The molecule has 0 radical (unpaired) electrons. The Morgan fingerprint density at radius 2 is 2.13 bits per heavy atom. The molecule has 30 heavy (non-hydrogen) atoms. The molecule has 0 spiro atoms. The third-order valence-corrected chi connectivity index (χ3v) is 5.20. The molecule has 1 amide bonds. The predicted molar refractivity (Wildman–Crippen MR) is 113 cm³/mol. The number of carbonyl (C=O) groups is 1. The van der Waals surface area contributed by atoms with Crippen LogP contribution in [0.1, 0.15) is 27.4 Å². The highest BCUT2D eigenvalue weighted by Crippen LogP contribution is 2.16. The van der Waals surface area contributed by atoms with Crippen molar-refractivity contribution in [2.75, 3.05) is 0 Å². The molecule has 5 heterocycles. The Morgan fingerprint density at radius 1 is 1.23 bits per heavy atom. The number of fused-ring (bicyclic) bond motifs is 2. The first-order valence-corrected chi connectivity index (χ1v) is 9.80. The molecule has 0 unspecified atom stereocenters. The molecule has 8 nitrogen and oxygen atoms in total. The molecule has 0 aliphatic heterocycles. The maximum atomic E-state index is 12.5. The van der Waals surface area contributed by atoms with Crippen molar-refractivity contribution in [2.45, 2.75) is 20.0 Å². The molecule has 150 valence electrons. The highest BCUT2D eigenvalue weighted by molar-refractivity contribution is 6.30. The van der Waals surface area contributed by atoms with Crippen LogP contribution in [0.15, 0.2) is 61.4 Å². The number of imidazole rings is 2. The molecule has 0 saturated carbocycles. The van der Waals surface area contributed by atoms with Crippen molar-refractivity contribution in [1.29, 1.82) is 0 Å². The number of aryl methyl sites for hydroxylation is 1. The van der Waals surface area contributed by atoms with Crippen LogP contribution in [-0.2, 0) is 13.1 Å².